The number of fused-ring (bicyclic) bond motifs is 1. The van der Waals surface area contributed by atoms with E-state index < -0.39 is 5.91 Å². The van der Waals surface area contributed by atoms with Crippen LogP contribution in [0.5, 0.6) is 5.75 Å². The molecule has 162 valence electrons. The predicted molar refractivity (Wildman–Crippen MR) is 128 cm³/mol. The second kappa shape index (κ2) is 9.07. The Morgan fingerprint density at radius 3 is 2.38 bits per heavy atom. The topological polar surface area (TPSA) is 68.5 Å². The number of hydrogen-bond donors (Lipinski definition) is 1. The van der Waals surface area contributed by atoms with Gasteiger partial charge in [0.1, 0.15) is 5.58 Å². The first-order valence-corrected chi connectivity index (χ1v) is 10.6. The third kappa shape index (κ3) is 4.64. The van der Waals surface area contributed by atoms with Crippen molar-refractivity contribution < 1.29 is 13.9 Å². The fourth-order valence-electron chi connectivity index (χ4n) is 3.22. The molecule has 0 atom stereocenters. The molecule has 0 aliphatic carbocycles. The van der Waals surface area contributed by atoms with Gasteiger partial charge in [-0.05, 0) is 49.7 Å². The number of anilines is 1. The summed E-state index contributed by atoms with van der Waals surface area (Å²) in [6.45, 7) is 3.50. The Morgan fingerprint density at radius 1 is 0.938 bits per heavy atom. The van der Waals surface area contributed by atoms with Crippen molar-refractivity contribution in [2.24, 2.45) is 0 Å². The number of ether oxygens (including phenoxy) is 1. The van der Waals surface area contributed by atoms with Crippen LogP contribution in [0.1, 0.15) is 11.1 Å². The van der Waals surface area contributed by atoms with Gasteiger partial charge in [0.05, 0.1) is 15.4 Å². The molecule has 1 aromatic heterocycles. The van der Waals surface area contributed by atoms with Gasteiger partial charge in [0, 0.05) is 11.3 Å². The molecule has 0 aliphatic rings. The van der Waals surface area contributed by atoms with Crippen LogP contribution in [0.4, 0.5) is 5.69 Å². The van der Waals surface area contributed by atoms with E-state index >= 15 is 0 Å². The molecule has 0 unspecified atom stereocenters. The third-order valence-electron chi connectivity index (χ3n) is 4.87. The number of carbonyl (C=O) groups excluding carboxylic acids is 1. The number of benzene rings is 3. The average Bonchev–Trinajstić information content (AvgIpc) is 2.76. The highest BCUT2D eigenvalue weighted by molar-refractivity contribution is 6.42. The van der Waals surface area contributed by atoms with Gasteiger partial charge in [0.15, 0.2) is 12.4 Å². The molecular formula is C25H19Cl2NO4. The lowest BCUT2D eigenvalue weighted by Crippen LogP contribution is -2.22. The van der Waals surface area contributed by atoms with Crippen LogP contribution < -0.4 is 15.5 Å². The van der Waals surface area contributed by atoms with E-state index in [1.165, 1.54) is 6.07 Å². The lowest BCUT2D eigenvalue weighted by atomic mass is 10.1. The van der Waals surface area contributed by atoms with Crippen molar-refractivity contribution in [2.45, 2.75) is 13.8 Å². The highest BCUT2D eigenvalue weighted by Crippen LogP contribution is 2.31. The molecule has 1 N–H and O–H groups in total. The number of halogens is 2. The summed E-state index contributed by atoms with van der Waals surface area (Å²) < 4.78 is 11.8. The minimum atomic E-state index is -0.457. The molecule has 0 saturated heterocycles. The van der Waals surface area contributed by atoms with Gasteiger partial charge in [0.25, 0.3) is 5.91 Å². The summed E-state index contributed by atoms with van der Waals surface area (Å²) >= 11 is 11.9. The van der Waals surface area contributed by atoms with Gasteiger partial charge in [-0.3, -0.25) is 9.59 Å². The Balaban J connectivity index is 1.67. The summed E-state index contributed by atoms with van der Waals surface area (Å²) in [5, 5.41) is 3.75. The minimum Gasteiger partial charge on any atom is -0.476 e. The van der Waals surface area contributed by atoms with E-state index in [0.29, 0.717) is 32.3 Å². The zero-order valence-electron chi connectivity index (χ0n) is 17.4. The molecule has 0 radical (unpaired) electrons. The quantitative estimate of drug-likeness (QED) is 0.368. The molecule has 5 nitrogen and oxygen atoms in total. The summed E-state index contributed by atoms with van der Waals surface area (Å²) in [6.07, 6.45) is 0. The fourth-order valence-corrected chi connectivity index (χ4v) is 3.52. The highest BCUT2D eigenvalue weighted by atomic mass is 35.5. The molecular weight excluding hydrogens is 449 g/mol. The molecule has 4 aromatic rings. The Morgan fingerprint density at radius 2 is 1.66 bits per heavy atom. The molecule has 1 amide bonds. The van der Waals surface area contributed by atoms with Crippen molar-refractivity contribution in [2.75, 3.05) is 11.9 Å². The SMILES string of the molecule is Cc1ccc(-c2oc3cc(C)ccc3c(=O)c2OCC(=O)Nc2ccc(Cl)c(Cl)c2)cc1. The Labute approximate surface area is 194 Å². The maximum atomic E-state index is 13.2. The monoisotopic (exact) mass is 467 g/mol. The number of aryl methyl sites for hydroxylation is 2. The molecule has 7 heteroatoms. The lowest BCUT2D eigenvalue weighted by molar-refractivity contribution is -0.118. The second-order valence-corrected chi connectivity index (χ2v) is 8.24. The largest absolute Gasteiger partial charge is 0.476 e. The lowest BCUT2D eigenvalue weighted by Gasteiger charge is -2.12. The first kappa shape index (κ1) is 21.9. The second-order valence-electron chi connectivity index (χ2n) is 7.42. The molecule has 0 bridgehead atoms. The zero-order chi connectivity index (χ0) is 22.8. The fraction of sp³-hybridized carbons (Fsp3) is 0.120. The van der Waals surface area contributed by atoms with E-state index in [4.69, 9.17) is 32.4 Å². The molecule has 1 heterocycles. The van der Waals surface area contributed by atoms with Crippen molar-refractivity contribution in [3.8, 4) is 17.1 Å². The Kier molecular flexibility index (Phi) is 6.21. The number of carbonyl (C=O) groups is 1. The summed E-state index contributed by atoms with van der Waals surface area (Å²) in [5.74, 6) is -0.202. The smallest absolute Gasteiger partial charge is 0.262 e. The number of hydrogen-bond acceptors (Lipinski definition) is 4. The Bertz CT molecular complexity index is 1380. The van der Waals surface area contributed by atoms with Crippen molar-refractivity contribution in [1.82, 2.24) is 0 Å². The molecule has 0 fully saturated rings. The summed E-state index contributed by atoms with van der Waals surface area (Å²) in [5.41, 5.74) is 3.28. The molecule has 32 heavy (non-hydrogen) atoms. The first-order chi connectivity index (χ1) is 15.3. The van der Waals surface area contributed by atoms with Crippen LogP contribution in [0.3, 0.4) is 0 Å². The van der Waals surface area contributed by atoms with Crippen LogP contribution in [0, 0.1) is 13.8 Å². The molecule has 0 spiro atoms. The van der Waals surface area contributed by atoms with Crippen LogP contribution in [0.25, 0.3) is 22.3 Å². The molecule has 3 aromatic carbocycles. The maximum Gasteiger partial charge on any atom is 0.262 e. The van der Waals surface area contributed by atoms with Gasteiger partial charge in [0.2, 0.25) is 11.2 Å². The number of amides is 1. The van der Waals surface area contributed by atoms with E-state index in [1.807, 2.05) is 44.2 Å². The van der Waals surface area contributed by atoms with Crippen LogP contribution in [-0.2, 0) is 4.79 Å². The standard InChI is InChI=1S/C25H19Cl2NO4/c1-14-3-6-16(7-4-14)24-25(23(30)18-9-5-15(2)11-21(18)32-24)31-13-22(29)28-17-8-10-19(26)20(27)12-17/h3-12H,13H2,1-2H3,(H,28,29). The van der Waals surface area contributed by atoms with Gasteiger partial charge >= 0.3 is 0 Å². The predicted octanol–water partition coefficient (Wildman–Crippen LogP) is 6.40. The highest BCUT2D eigenvalue weighted by Gasteiger charge is 2.19. The van der Waals surface area contributed by atoms with Gasteiger partial charge in [-0.2, -0.15) is 0 Å². The van der Waals surface area contributed by atoms with E-state index in [-0.39, 0.29) is 23.5 Å². The van der Waals surface area contributed by atoms with Crippen molar-refractivity contribution >= 4 is 45.8 Å². The van der Waals surface area contributed by atoms with E-state index in [1.54, 1.807) is 24.3 Å². The van der Waals surface area contributed by atoms with Crippen LogP contribution >= 0.6 is 23.2 Å². The summed E-state index contributed by atoms with van der Waals surface area (Å²) in [4.78, 5) is 25.7. The maximum absolute atomic E-state index is 13.2. The third-order valence-corrected chi connectivity index (χ3v) is 5.61. The Hall–Kier alpha value is -3.28. The van der Waals surface area contributed by atoms with E-state index in [9.17, 15) is 9.59 Å². The number of nitrogens with one attached hydrogen (secondary N) is 1. The summed E-state index contributed by atoms with van der Waals surface area (Å²) in [6, 6.07) is 17.6. The van der Waals surface area contributed by atoms with Crippen molar-refractivity contribution in [3.05, 3.63) is 92.1 Å². The van der Waals surface area contributed by atoms with E-state index in [2.05, 4.69) is 5.32 Å². The van der Waals surface area contributed by atoms with Crippen LogP contribution in [0.2, 0.25) is 10.0 Å². The summed E-state index contributed by atoms with van der Waals surface area (Å²) in [7, 11) is 0. The van der Waals surface area contributed by atoms with Crippen molar-refractivity contribution in [3.63, 3.8) is 0 Å². The molecule has 0 saturated carbocycles. The van der Waals surface area contributed by atoms with Gasteiger partial charge < -0.3 is 14.5 Å². The van der Waals surface area contributed by atoms with E-state index in [0.717, 1.165) is 11.1 Å². The van der Waals surface area contributed by atoms with Crippen LogP contribution in [0.15, 0.2) is 69.9 Å². The normalized spacial score (nSPS) is 10.9. The average molecular weight is 468 g/mol. The van der Waals surface area contributed by atoms with Gasteiger partial charge in [-0.1, -0.05) is 59.1 Å². The van der Waals surface area contributed by atoms with Gasteiger partial charge in [-0.25, -0.2) is 0 Å². The minimum absolute atomic E-state index is 0.0190. The van der Waals surface area contributed by atoms with Crippen molar-refractivity contribution in [1.29, 1.82) is 0 Å². The van der Waals surface area contributed by atoms with Crippen LogP contribution in [-0.4, -0.2) is 12.5 Å². The molecule has 0 aliphatic heterocycles. The molecule has 4 rings (SSSR count). The zero-order valence-corrected chi connectivity index (χ0v) is 18.9. The van der Waals surface area contributed by atoms with Gasteiger partial charge in [-0.15, -0.1) is 0 Å². The number of rotatable bonds is 5. The first-order valence-electron chi connectivity index (χ1n) is 9.84.